The van der Waals surface area contributed by atoms with E-state index in [0.717, 1.165) is 61.9 Å². The number of amides is 1. The number of nitriles is 1. The lowest BCUT2D eigenvalue weighted by Gasteiger charge is -2.30. The molecule has 2 aromatic heterocycles. The molecule has 0 atom stereocenters. The lowest BCUT2D eigenvalue weighted by atomic mass is 9.92. The molecule has 7 nitrogen and oxygen atoms in total. The van der Waals surface area contributed by atoms with E-state index in [0.29, 0.717) is 13.2 Å². The SMILES string of the molecule is N#CC(C(=O)N1CCCCC1)=C(C1CCOCC1)n1cnc2cnccc21. The van der Waals surface area contributed by atoms with Crippen molar-refractivity contribution >= 4 is 22.6 Å². The Hall–Kier alpha value is -2.72. The highest BCUT2D eigenvalue weighted by molar-refractivity contribution is 6.03. The van der Waals surface area contributed by atoms with E-state index in [1.165, 1.54) is 0 Å². The average Bonchev–Trinajstić information content (AvgIpc) is 3.16. The van der Waals surface area contributed by atoms with E-state index in [1.807, 2.05) is 15.5 Å². The Morgan fingerprint density at radius 1 is 1.22 bits per heavy atom. The first-order valence-electron chi connectivity index (χ1n) is 9.58. The van der Waals surface area contributed by atoms with Crippen molar-refractivity contribution in [1.82, 2.24) is 19.4 Å². The second kappa shape index (κ2) is 7.89. The zero-order valence-electron chi connectivity index (χ0n) is 15.3. The topological polar surface area (TPSA) is 84.0 Å². The summed E-state index contributed by atoms with van der Waals surface area (Å²) in [4.78, 5) is 23.6. The fourth-order valence-electron chi connectivity index (χ4n) is 4.02. The van der Waals surface area contributed by atoms with E-state index >= 15 is 0 Å². The first kappa shape index (κ1) is 17.7. The summed E-state index contributed by atoms with van der Waals surface area (Å²) >= 11 is 0. The van der Waals surface area contributed by atoms with Gasteiger partial charge in [0.25, 0.3) is 5.91 Å². The van der Waals surface area contributed by atoms with Crippen molar-refractivity contribution in [3.05, 3.63) is 30.4 Å². The summed E-state index contributed by atoms with van der Waals surface area (Å²) in [5.41, 5.74) is 2.61. The molecule has 0 spiro atoms. The molecule has 2 aromatic rings. The van der Waals surface area contributed by atoms with Gasteiger partial charge in [-0.1, -0.05) is 0 Å². The summed E-state index contributed by atoms with van der Waals surface area (Å²) in [5.74, 6) is -0.0673. The van der Waals surface area contributed by atoms with Crippen LogP contribution in [0, 0.1) is 17.2 Å². The van der Waals surface area contributed by atoms with Gasteiger partial charge in [-0.05, 0) is 38.2 Å². The van der Waals surface area contributed by atoms with Crippen LogP contribution in [0.25, 0.3) is 16.7 Å². The van der Waals surface area contributed by atoms with Crippen LogP contribution >= 0.6 is 0 Å². The highest BCUT2D eigenvalue weighted by Gasteiger charge is 2.30. The first-order chi connectivity index (χ1) is 13.3. The molecule has 0 aliphatic carbocycles. The van der Waals surface area contributed by atoms with Crippen molar-refractivity contribution < 1.29 is 9.53 Å². The Labute approximate surface area is 158 Å². The summed E-state index contributed by atoms with van der Waals surface area (Å²) in [6.45, 7) is 2.72. The van der Waals surface area contributed by atoms with Crippen LogP contribution in [0.4, 0.5) is 0 Å². The number of likely N-dealkylation sites (tertiary alicyclic amines) is 1. The zero-order valence-corrected chi connectivity index (χ0v) is 15.3. The number of aromatic nitrogens is 3. The Morgan fingerprint density at radius 2 is 2.00 bits per heavy atom. The van der Waals surface area contributed by atoms with Crippen molar-refractivity contribution in [2.45, 2.75) is 32.1 Å². The third-order valence-electron chi connectivity index (χ3n) is 5.44. The number of rotatable bonds is 3. The number of imidazole rings is 1. The van der Waals surface area contributed by atoms with E-state index in [-0.39, 0.29) is 17.4 Å². The average molecular weight is 365 g/mol. The van der Waals surface area contributed by atoms with Crippen LogP contribution in [0.3, 0.4) is 0 Å². The molecule has 0 N–H and O–H groups in total. The number of carbonyl (C=O) groups excluding carboxylic acids is 1. The minimum absolute atomic E-state index is 0.0905. The Balaban J connectivity index is 1.84. The fraction of sp³-hybridized carbons (Fsp3) is 0.500. The van der Waals surface area contributed by atoms with Crippen LogP contribution in [0.15, 0.2) is 30.4 Å². The third kappa shape index (κ3) is 3.45. The summed E-state index contributed by atoms with van der Waals surface area (Å²) < 4.78 is 7.42. The molecule has 4 heterocycles. The normalized spacial score (nSPS) is 19.6. The Morgan fingerprint density at radius 3 is 2.74 bits per heavy atom. The van der Waals surface area contributed by atoms with Crippen molar-refractivity contribution in [3.8, 4) is 6.07 Å². The molecule has 0 unspecified atom stereocenters. The summed E-state index contributed by atoms with van der Waals surface area (Å²) in [6, 6.07) is 4.11. The second-order valence-corrected chi connectivity index (χ2v) is 7.09. The van der Waals surface area contributed by atoms with Gasteiger partial charge in [0.15, 0.2) is 0 Å². The zero-order chi connectivity index (χ0) is 18.6. The van der Waals surface area contributed by atoms with Gasteiger partial charge >= 0.3 is 0 Å². The highest BCUT2D eigenvalue weighted by Crippen LogP contribution is 2.33. The predicted molar refractivity (Wildman–Crippen MR) is 100 cm³/mol. The van der Waals surface area contributed by atoms with Crippen LogP contribution < -0.4 is 0 Å². The van der Waals surface area contributed by atoms with E-state index in [1.54, 1.807) is 18.7 Å². The molecule has 27 heavy (non-hydrogen) atoms. The van der Waals surface area contributed by atoms with E-state index in [2.05, 4.69) is 16.0 Å². The summed E-state index contributed by atoms with van der Waals surface area (Å²) in [7, 11) is 0. The molecule has 4 rings (SSSR count). The molecular formula is C20H23N5O2. The van der Waals surface area contributed by atoms with E-state index in [4.69, 9.17) is 4.74 Å². The number of piperidine rings is 1. The molecule has 0 saturated carbocycles. The molecule has 2 fully saturated rings. The smallest absolute Gasteiger partial charge is 0.266 e. The molecule has 7 heteroatoms. The standard InChI is InChI=1S/C20H23N5O2/c21-12-16(20(26)24-8-2-1-3-9-24)19(15-5-10-27-11-6-15)25-14-23-17-13-22-7-4-18(17)25/h4,7,13-15H,1-3,5-6,8-11H2. The number of fused-ring (bicyclic) bond motifs is 1. The highest BCUT2D eigenvalue weighted by atomic mass is 16.5. The van der Waals surface area contributed by atoms with Crippen molar-refractivity contribution in [2.24, 2.45) is 5.92 Å². The van der Waals surface area contributed by atoms with Crippen LogP contribution in [0.5, 0.6) is 0 Å². The maximum atomic E-state index is 13.2. The largest absolute Gasteiger partial charge is 0.381 e. The number of pyridine rings is 1. The first-order valence-corrected chi connectivity index (χ1v) is 9.58. The van der Waals surface area contributed by atoms with Crippen molar-refractivity contribution in [1.29, 1.82) is 5.26 Å². The number of hydrogen-bond donors (Lipinski definition) is 0. The lowest BCUT2D eigenvalue weighted by molar-refractivity contribution is -0.127. The third-order valence-corrected chi connectivity index (χ3v) is 5.44. The number of hydrogen-bond acceptors (Lipinski definition) is 5. The van der Waals surface area contributed by atoms with Gasteiger partial charge in [-0.25, -0.2) is 4.98 Å². The fourth-order valence-corrected chi connectivity index (χ4v) is 4.02. The number of carbonyl (C=O) groups is 1. The maximum absolute atomic E-state index is 13.2. The molecule has 2 saturated heterocycles. The molecule has 0 radical (unpaired) electrons. The van der Waals surface area contributed by atoms with E-state index in [9.17, 15) is 10.1 Å². The van der Waals surface area contributed by atoms with Gasteiger partial charge in [-0.15, -0.1) is 0 Å². The van der Waals surface area contributed by atoms with Gasteiger partial charge in [0.05, 0.1) is 17.4 Å². The monoisotopic (exact) mass is 365 g/mol. The van der Waals surface area contributed by atoms with Gasteiger partial charge in [0.1, 0.15) is 23.5 Å². The molecule has 0 bridgehead atoms. The minimum atomic E-state index is -0.158. The van der Waals surface area contributed by atoms with Gasteiger partial charge in [0, 0.05) is 38.4 Å². The molecule has 2 aliphatic rings. The maximum Gasteiger partial charge on any atom is 0.266 e. The summed E-state index contributed by atoms with van der Waals surface area (Å²) in [6.07, 6.45) is 9.83. The van der Waals surface area contributed by atoms with Crippen LogP contribution in [0.2, 0.25) is 0 Å². The number of ether oxygens (including phenoxy) is 1. The molecule has 1 amide bonds. The van der Waals surface area contributed by atoms with Gasteiger partial charge in [-0.2, -0.15) is 5.26 Å². The van der Waals surface area contributed by atoms with Crippen molar-refractivity contribution in [2.75, 3.05) is 26.3 Å². The quantitative estimate of drug-likeness (QED) is 0.617. The predicted octanol–water partition coefficient (Wildman–Crippen LogP) is 2.61. The van der Waals surface area contributed by atoms with E-state index < -0.39 is 0 Å². The Bertz CT molecular complexity index is 898. The Kier molecular flexibility index (Phi) is 5.16. The van der Waals surface area contributed by atoms with Gasteiger partial charge in [-0.3, -0.25) is 9.78 Å². The number of nitrogens with zero attached hydrogens (tertiary/aromatic N) is 5. The molecule has 140 valence electrons. The molecule has 2 aliphatic heterocycles. The van der Waals surface area contributed by atoms with Crippen LogP contribution in [-0.4, -0.2) is 51.6 Å². The molecular weight excluding hydrogens is 342 g/mol. The van der Waals surface area contributed by atoms with Gasteiger partial charge in [0.2, 0.25) is 0 Å². The van der Waals surface area contributed by atoms with Crippen molar-refractivity contribution in [3.63, 3.8) is 0 Å². The molecule has 0 aromatic carbocycles. The second-order valence-electron chi connectivity index (χ2n) is 7.09. The minimum Gasteiger partial charge on any atom is -0.381 e. The lowest BCUT2D eigenvalue weighted by Crippen LogP contribution is -2.37. The van der Waals surface area contributed by atoms with Crippen LogP contribution in [-0.2, 0) is 9.53 Å². The summed E-state index contributed by atoms with van der Waals surface area (Å²) in [5, 5.41) is 9.97. The number of allylic oxidation sites excluding steroid dienone is 1. The van der Waals surface area contributed by atoms with Gasteiger partial charge < -0.3 is 14.2 Å². The van der Waals surface area contributed by atoms with Crippen LogP contribution in [0.1, 0.15) is 32.1 Å².